The molecule has 0 radical (unpaired) electrons. The maximum atomic E-state index is 12.3. The Morgan fingerprint density at radius 1 is 1.00 bits per heavy atom. The monoisotopic (exact) mass is 351 g/mol. The van der Waals surface area contributed by atoms with E-state index in [1.54, 1.807) is 24.3 Å². The number of rotatable bonds is 5. The van der Waals surface area contributed by atoms with Gasteiger partial charge >= 0.3 is 0 Å². The maximum Gasteiger partial charge on any atom is 0.261 e. The van der Waals surface area contributed by atoms with E-state index in [0.29, 0.717) is 17.3 Å². The highest BCUT2D eigenvalue weighted by Crippen LogP contribution is 2.29. The predicted octanol–water partition coefficient (Wildman–Crippen LogP) is 5.17. The highest BCUT2D eigenvalue weighted by molar-refractivity contribution is 7.17. The summed E-state index contributed by atoms with van der Waals surface area (Å²) >= 11 is 1.49. The number of nitrogens with one attached hydrogen (secondary N) is 1. The van der Waals surface area contributed by atoms with Crippen molar-refractivity contribution in [2.75, 3.05) is 0 Å². The number of hydrogen-bond acceptors (Lipinski definition) is 3. The molecule has 0 aliphatic rings. The van der Waals surface area contributed by atoms with Crippen molar-refractivity contribution < 1.29 is 9.90 Å². The summed E-state index contributed by atoms with van der Waals surface area (Å²) in [5.41, 5.74) is 3.39. The molecule has 2 aromatic carbocycles. The summed E-state index contributed by atoms with van der Waals surface area (Å²) in [7, 11) is 0. The Balaban J connectivity index is 1.65. The molecule has 0 atom stereocenters. The van der Waals surface area contributed by atoms with E-state index in [1.165, 1.54) is 16.9 Å². The molecule has 3 aromatic rings. The van der Waals surface area contributed by atoms with Crippen molar-refractivity contribution >= 4 is 17.2 Å². The van der Waals surface area contributed by atoms with Gasteiger partial charge < -0.3 is 10.4 Å². The van der Waals surface area contributed by atoms with Crippen LogP contribution in [0.5, 0.6) is 5.75 Å². The fraction of sp³-hybridized carbons (Fsp3) is 0.190. The molecule has 0 saturated heterocycles. The Morgan fingerprint density at radius 2 is 1.68 bits per heavy atom. The van der Waals surface area contributed by atoms with E-state index in [1.807, 2.05) is 12.1 Å². The topological polar surface area (TPSA) is 49.3 Å². The zero-order chi connectivity index (χ0) is 17.8. The zero-order valence-electron chi connectivity index (χ0n) is 14.3. The van der Waals surface area contributed by atoms with E-state index in [4.69, 9.17) is 0 Å². The van der Waals surface area contributed by atoms with Gasteiger partial charge in [0, 0.05) is 11.4 Å². The number of aromatic hydroxyl groups is 1. The third-order valence-electron chi connectivity index (χ3n) is 4.08. The van der Waals surface area contributed by atoms with Crippen molar-refractivity contribution in [3.05, 3.63) is 76.7 Å². The van der Waals surface area contributed by atoms with Crippen LogP contribution in [0.3, 0.4) is 0 Å². The number of amides is 1. The van der Waals surface area contributed by atoms with Gasteiger partial charge in [-0.25, -0.2) is 0 Å². The molecule has 2 N–H and O–H groups in total. The van der Waals surface area contributed by atoms with Crippen LogP contribution in [-0.2, 0) is 6.54 Å². The van der Waals surface area contributed by atoms with E-state index in [9.17, 15) is 9.90 Å². The van der Waals surface area contributed by atoms with Gasteiger partial charge in [0.15, 0.2) is 0 Å². The lowest BCUT2D eigenvalue weighted by molar-refractivity contribution is 0.0955. The Kier molecular flexibility index (Phi) is 5.19. The number of thiophene rings is 1. The number of carbonyl (C=O) groups excluding carboxylic acids is 1. The van der Waals surface area contributed by atoms with Crippen LogP contribution in [0.25, 0.3) is 10.4 Å². The third-order valence-corrected chi connectivity index (χ3v) is 5.21. The fourth-order valence-corrected chi connectivity index (χ4v) is 3.46. The van der Waals surface area contributed by atoms with Crippen LogP contribution in [0.4, 0.5) is 0 Å². The normalized spacial score (nSPS) is 10.8. The van der Waals surface area contributed by atoms with Crippen molar-refractivity contribution in [3.63, 3.8) is 0 Å². The lowest BCUT2D eigenvalue weighted by Gasteiger charge is -2.06. The van der Waals surface area contributed by atoms with Crippen molar-refractivity contribution in [2.45, 2.75) is 26.3 Å². The lowest BCUT2D eigenvalue weighted by atomic mass is 10.0. The SMILES string of the molecule is CC(C)c1ccc(-c2ccc(C(=O)NCc3ccc(O)cc3)s2)cc1. The first kappa shape index (κ1) is 17.2. The first-order valence-corrected chi connectivity index (χ1v) is 9.11. The second-order valence-electron chi connectivity index (χ2n) is 6.29. The van der Waals surface area contributed by atoms with Crippen molar-refractivity contribution in [3.8, 4) is 16.2 Å². The van der Waals surface area contributed by atoms with Crippen LogP contribution in [-0.4, -0.2) is 11.0 Å². The molecule has 0 aliphatic heterocycles. The quantitative estimate of drug-likeness (QED) is 0.666. The molecule has 3 rings (SSSR count). The molecule has 128 valence electrons. The van der Waals surface area contributed by atoms with Crippen LogP contribution >= 0.6 is 11.3 Å². The first-order chi connectivity index (χ1) is 12.0. The van der Waals surface area contributed by atoms with Crippen LogP contribution in [0.2, 0.25) is 0 Å². The summed E-state index contributed by atoms with van der Waals surface area (Å²) in [5, 5.41) is 12.2. The molecule has 0 bridgehead atoms. The van der Waals surface area contributed by atoms with E-state index in [0.717, 1.165) is 16.0 Å². The van der Waals surface area contributed by atoms with Gasteiger partial charge in [0.05, 0.1) is 4.88 Å². The van der Waals surface area contributed by atoms with Crippen LogP contribution in [0.15, 0.2) is 60.7 Å². The molecular formula is C21H21NO2S. The number of benzene rings is 2. The van der Waals surface area contributed by atoms with Gasteiger partial charge in [-0.1, -0.05) is 50.2 Å². The van der Waals surface area contributed by atoms with Crippen molar-refractivity contribution in [1.82, 2.24) is 5.32 Å². The summed E-state index contributed by atoms with van der Waals surface area (Å²) in [6.45, 7) is 4.79. The molecule has 25 heavy (non-hydrogen) atoms. The van der Waals surface area contributed by atoms with Crippen LogP contribution < -0.4 is 5.32 Å². The molecule has 0 spiro atoms. The van der Waals surface area contributed by atoms with Gasteiger partial charge in [0.25, 0.3) is 5.91 Å². The van der Waals surface area contributed by atoms with Crippen LogP contribution in [0.1, 0.15) is 40.6 Å². The number of carbonyl (C=O) groups is 1. The molecule has 0 unspecified atom stereocenters. The fourth-order valence-electron chi connectivity index (χ4n) is 2.53. The second-order valence-corrected chi connectivity index (χ2v) is 7.37. The van der Waals surface area contributed by atoms with Crippen molar-refractivity contribution in [2.24, 2.45) is 0 Å². The molecule has 0 saturated carbocycles. The summed E-state index contributed by atoms with van der Waals surface area (Å²) in [5.74, 6) is 0.656. The van der Waals surface area contributed by atoms with E-state index in [2.05, 4.69) is 43.4 Å². The summed E-state index contributed by atoms with van der Waals surface area (Å²) in [6.07, 6.45) is 0. The third kappa shape index (κ3) is 4.28. The number of hydrogen-bond donors (Lipinski definition) is 2. The second kappa shape index (κ2) is 7.53. The predicted molar refractivity (Wildman–Crippen MR) is 103 cm³/mol. The molecule has 1 amide bonds. The highest BCUT2D eigenvalue weighted by Gasteiger charge is 2.10. The number of phenolic OH excluding ortho intramolecular Hbond substituents is 1. The standard InChI is InChI=1S/C21H21NO2S/c1-14(2)16-5-7-17(8-6-16)19-11-12-20(25-19)21(24)22-13-15-3-9-18(23)10-4-15/h3-12,14,23H,13H2,1-2H3,(H,22,24). The van der Waals surface area contributed by atoms with Crippen LogP contribution in [0, 0.1) is 0 Å². The van der Waals surface area contributed by atoms with Gasteiger partial charge in [-0.05, 0) is 46.9 Å². The van der Waals surface area contributed by atoms with Gasteiger partial charge in [0.2, 0.25) is 0 Å². The van der Waals surface area contributed by atoms with E-state index >= 15 is 0 Å². The maximum absolute atomic E-state index is 12.3. The number of phenols is 1. The average Bonchev–Trinajstić information content (AvgIpc) is 3.11. The smallest absolute Gasteiger partial charge is 0.261 e. The van der Waals surface area contributed by atoms with Gasteiger partial charge in [-0.3, -0.25) is 4.79 Å². The largest absolute Gasteiger partial charge is 0.508 e. The van der Waals surface area contributed by atoms with Gasteiger partial charge in [-0.2, -0.15) is 0 Å². The minimum Gasteiger partial charge on any atom is -0.508 e. The van der Waals surface area contributed by atoms with Gasteiger partial charge in [-0.15, -0.1) is 11.3 Å². The Hall–Kier alpha value is -2.59. The molecular weight excluding hydrogens is 330 g/mol. The Morgan fingerprint density at radius 3 is 2.32 bits per heavy atom. The lowest BCUT2D eigenvalue weighted by Crippen LogP contribution is -2.21. The Labute approximate surface area is 152 Å². The summed E-state index contributed by atoms with van der Waals surface area (Å²) in [4.78, 5) is 14.1. The minimum atomic E-state index is -0.0804. The molecule has 0 fully saturated rings. The van der Waals surface area contributed by atoms with Crippen molar-refractivity contribution in [1.29, 1.82) is 0 Å². The van der Waals surface area contributed by atoms with Gasteiger partial charge in [0.1, 0.15) is 5.75 Å². The average molecular weight is 351 g/mol. The Bertz CT molecular complexity index is 848. The summed E-state index contributed by atoms with van der Waals surface area (Å²) in [6, 6.07) is 19.2. The molecule has 1 aromatic heterocycles. The molecule has 4 heteroatoms. The summed E-state index contributed by atoms with van der Waals surface area (Å²) < 4.78 is 0. The minimum absolute atomic E-state index is 0.0804. The van der Waals surface area contributed by atoms with E-state index in [-0.39, 0.29) is 11.7 Å². The zero-order valence-corrected chi connectivity index (χ0v) is 15.1. The van der Waals surface area contributed by atoms with E-state index < -0.39 is 0 Å². The molecule has 0 aliphatic carbocycles. The first-order valence-electron chi connectivity index (χ1n) is 8.29. The molecule has 3 nitrogen and oxygen atoms in total. The highest BCUT2D eigenvalue weighted by atomic mass is 32.1. The molecule has 1 heterocycles.